The van der Waals surface area contributed by atoms with Gasteiger partial charge in [0.2, 0.25) is 0 Å². The molecule has 106 valence electrons. The lowest BCUT2D eigenvalue weighted by Gasteiger charge is -2.06. The van der Waals surface area contributed by atoms with Crippen LogP contribution in [0.4, 0.5) is 0 Å². The van der Waals surface area contributed by atoms with Crippen molar-refractivity contribution in [2.75, 3.05) is 0 Å². The topological polar surface area (TPSA) is 55.1 Å². The fourth-order valence-electron chi connectivity index (χ4n) is 2.46. The molecule has 0 aliphatic heterocycles. The van der Waals surface area contributed by atoms with E-state index in [2.05, 4.69) is 17.1 Å². The molecule has 0 atom stereocenters. The summed E-state index contributed by atoms with van der Waals surface area (Å²) >= 11 is 0. The van der Waals surface area contributed by atoms with Crippen LogP contribution in [0.3, 0.4) is 0 Å². The van der Waals surface area contributed by atoms with Crippen molar-refractivity contribution in [1.29, 1.82) is 0 Å². The van der Waals surface area contributed by atoms with E-state index in [1.54, 1.807) is 6.33 Å². The molecule has 3 aromatic rings. The zero-order valence-electron chi connectivity index (χ0n) is 11.8. The summed E-state index contributed by atoms with van der Waals surface area (Å²) in [6.07, 6.45) is 2.51. The highest BCUT2D eigenvalue weighted by Crippen LogP contribution is 2.24. The molecule has 0 aliphatic carbocycles. The third-order valence-electron chi connectivity index (χ3n) is 3.61. The number of nitrogens with zero attached hydrogens (tertiary/aromatic N) is 2. The molecule has 1 heterocycles. The normalized spacial score (nSPS) is 10.9. The first kappa shape index (κ1) is 13.4. The Morgan fingerprint density at radius 1 is 1.19 bits per heavy atom. The first-order valence-corrected chi connectivity index (χ1v) is 6.86. The molecule has 2 aromatic carbocycles. The molecular formula is C17H16N2O2. The average Bonchev–Trinajstić information content (AvgIpc) is 2.86. The zero-order chi connectivity index (χ0) is 14.8. The van der Waals surface area contributed by atoms with E-state index in [9.17, 15) is 4.79 Å². The van der Waals surface area contributed by atoms with Gasteiger partial charge in [0, 0.05) is 13.5 Å². The zero-order valence-corrected chi connectivity index (χ0v) is 11.8. The molecule has 21 heavy (non-hydrogen) atoms. The van der Waals surface area contributed by atoms with Crippen molar-refractivity contribution in [1.82, 2.24) is 9.55 Å². The number of fused-ring (bicyclic) bond motifs is 1. The molecule has 0 saturated heterocycles. The molecule has 0 amide bonds. The second-order valence-corrected chi connectivity index (χ2v) is 5.15. The van der Waals surface area contributed by atoms with Crippen LogP contribution in [0.25, 0.3) is 22.2 Å². The maximum absolute atomic E-state index is 10.7. The predicted octanol–water partition coefficient (Wildman–Crippen LogP) is 3.26. The van der Waals surface area contributed by atoms with Gasteiger partial charge >= 0.3 is 5.97 Å². The summed E-state index contributed by atoms with van der Waals surface area (Å²) in [5.74, 6) is -0.767. The monoisotopic (exact) mass is 280 g/mol. The van der Waals surface area contributed by atoms with Crippen molar-refractivity contribution in [3.63, 3.8) is 0 Å². The second-order valence-electron chi connectivity index (χ2n) is 5.15. The number of hydrogen-bond donors (Lipinski definition) is 1. The first-order chi connectivity index (χ1) is 10.1. The summed E-state index contributed by atoms with van der Waals surface area (Å²) in [5.41, 5.74) is 5.32. The van der Waals surface area contributed by atoms with Crippen LogP contribution in [0.2, 0.25) is 0 Å². The van der Waals surface area contributed by atoms with Gasteiger partial charge in [-0.05, 0) is 35.2 Å². The summed E-state index contributed by atoms with van der Waals surface area (Å²) in [4.78, 5) is 15.0. The van der Waals surface area contributed by atoms with Crippen molar-refractivity contribution in [2.45, 2.75) is 12.8 Å². The van der Waals surface area contributed by atoms with Crippen molar-refractivity contribution in [2.24, 2.45) is 7.05 Å². The Labute approximate surface area is 122 Å². The lowest BCUT2D eigenvalue weighted by atomic mass is 10.0. The molecule has 1 aromatic heterocycles. The maximum Gasteiger partial charge on any atom is 0.303 e. The lowest BCUT2D eigenvalue weighted by molar-refractivity contribution is -0.136. The van der Waals surface area contributed by atoms with Crippen LogP contribution in [-0.2, 0) is 18.3 Å². The standard InChI is InChI=1S/C17H16N2O2/c1-19-11-18-15-7-6-14(10-16(15)19)13-4-2-3-12(9-13)5-8-17(20)21/h2-4,6-7,9-11H,5,8H2,1H3,(H,20,21). The minimum atomic E-state index is -0.767. The van der Waals surface area contributed by atoms with Crippen molar-refractivity contribution < 1.29 is 9.90 Å². The highest BCUT2D eigenvalue weighted by Gasteiger charge is 2.05. The number of carboxylic acids is 1. The van der Waals surface area contributed by atoms with Crippen LogP contribution in [0.1, 0.15) is 12.0 Å². The maximum atomic E-state index is 10.7. The fourth-order valence-corrected chi connectivity index (χ4v) is 2.46. The Balaban J connectivity index is 1.95. The quantitative estimate of drug-likeness (QED) is 0.798. The summed E-state index contributed by atoms with van der Waals surface area (Å²) in [6, 6.07) is 14.2. The van der Waals surface area contributed by atoms with Gasteiger partial charge in [0.15, 0.2) is 0 Å². The van der Waals surface area contributed by atoms with E-state index in [4.69, 9.17) is 5.11 Å². The van der Waals surface area contributed by atoms with Crippen LogP contribution in [0, 0.1) is 0 Å². The van der Waals surface area contributed by atoms with E-state index >= 15 is 0 Å². The number of hydrogen-bond acceptors (Lipinski definition) is 2. The number of rotatable bonds is 4. The molecule has 0 unspecified atom stereocenters. The van der Waals surface area contributed by atoms with E-state index in [-0.39, 0.29) is 6.42 Å². The molecule has 0 bridgehead atoms. The molecule has 4 nitrogen and oxygen atoms in total. The van der Waals surface area contributed by atoms with Gasteiger partial charge in [0.05, 0.1) is 17.4 Å². The summed E-state index contributed by atoms with van der Waals surface area (Å²) in [5, 5.41) is 8.78. The molecule has 0 fully saturated rings. The number of imidazole rings is 1. The molecule has 0 saturated carbocycles. The lowest BCUT2D eigenvalue weighted by Crippen LogP contribution is -1.97. The third kappa shape index (κ3) is 2.79. The Morgan fingerprint density at radius 3 is 2.81 bits per heavy atom. The fraction of sp³-hybridized carbons (Fsp3) is 0.176. The average molecular weight is 280 g/mol. The van der Waals surface area contributed by atoms with Gasteiger partial charge in [-0.25, -0.2) is 4.98 Å². The SMILES string of the molecule is Cn1cnc2ccc(-c3cccc(CCC(=O)O)c3)cc21. The van der Waals surface area contributed by atoms with Crippen LogP contribution in [-0.4, -0.2) is 20.6 Å². The van der Waals surface area contributed by atoms with Gasteiger partial charge in [-0.3, -0.25) is 4.79 Å². The Morgan fingerprint density at radius 2 is 2.00 bits per heavy atom. The van der Waals surface area contributed by atoms with E-state index < -0.39 is 5.97 Å². The Bertz CT molecular complexity index is 805. The van der Waals surface area contributed by atoms with Gasteiger partial charge in [0.1, 0.15) is 0 Å². The first-order valence-electron chi connectivity index (χ1n) is 6.86. The number of aromatic nitrogens is 2. The predicted molar refractivity (Wildman–Crippen MR) is 82.1 cm³/mol. The largest absolute Gasteiger partial charge is 0.481 e. The van der Waals surface area contributed by atoms with Crippen LogP contribution >= 0.6 is 0 Å². The Hall–Kier alpha value is -2.62. The summed E-state index contributed by atoms with van der Waals surface area (Å²) in [7, 11) is 1.97. The number of carboxylic acid groups (broad SMARTS) is 1. The van der Waals surface area contributed by atoms with Crippen molar-refractivity contribution in [3.05, 3.63) is 54.4 Å². The van der Waals surface area contributed by atoms with E-state index in [0.717, 1.165) is 27.7 Å². The van der Waals surface area contributed by atoms with Gasteiger partial charge in [-0.2, -0.15) is 0 Å². The van der Waals surface area contributed by atoms with Gasteiger partial charge in [-0.1, -0.05) is 30.3 Å². The number of aliphatic carboxylic acids is 1. The van der Waals surface area contributed by atoms with E-state index in [1.807, 2.05) is 41.9 Å². The minimum Gasteiger partial charge on any atom is -0.481 e. The Kier molecular flexibility index (Phi) is 3.44. The number of aryl methyl sites for hydroxylation is 2. The van der Waals surface area contributed by atoms with Gasteiger partial charge < -0.3 is 9.67 Å². The number of benzene rings is 2. The van der Waals surface area contributed by atoms with E-state index in [0.29, 0.717) is 6.42 Å². The van der Waals surface area contributed by atoms with Crippen LogP contribution in [0.5, 0.6) is 0 Å². The van der Waals surface area contributed by atoms with Crippen molar-refractivity contribution >= 4 is 17.0 Å². The molecule has 3 rings (SSSR count). The molecule has 1 N–H and O–H groups in total. The third-order valence-corrected chi connectivity index (χ3v) is 3.61. The summed E-state index contributed by atoms with van der Waals surface area (Å²) < 4.78 is 1.99. The van der Waals surface area contributed by atoms with Crippen LogP contribution in [0.15, 0.2) is 48.8 Å². The molecule has 0 spiro atoms. The highest BCUT2D eigenvalue weighted by atomic mass is 16.4. The summed E-state index contributed by atoms with van der Waals surface area (Å²) in [6.45, 7) is 0. The van der Waals surface area contributed by atoms with Crippen molar-refractivity contribution in [3.8, 4) is 11.1 Å². The molecule has 4 heteroatoms. The van der Waals surface area contributed by atoms with Crippen LogP contribution < -0.4 is 0 Å². The van der Waals surface area contributed by atoms with Gasteiger partial charge in [-0.15, -0.1) is 0 Å². The highest BCUT2D eigenvalue weighted by molar-refractivity contribution is 5.82. The van der Waals surface area contributed by atoms with E-state index in [1.165, 1.54) is 0 Å². The molecule has 0 radical (unpaired) electrons. The molecular weight excluding hydrogens is 264 g/mol. The number of carbonyl (C=O) groups is 1. The van der Waals surface area contributed by atoms with Gasteiger partial charge in [0.25, 0.3) is 0 Å². The smallest absolute Gasteiger partial charge is 0.303 e. The molecule has 0 aliphatic rings. The second kappa shape index (κ2) is 5.40. The minimum absolute atomic E-state index is 0.157.